The molecule has 166 valence electrons. The van der Waals surface area contributed by atoms with E-state index in [0.29, 0.717) is 5.56 Å². The van der Waals surface area contributed by atoms with Gasteiger partial charge < -0.3 is 15.7 Å². The fourth-order valence-electron chi connectivity index (χ4n) is 5.43. The Kier molecular flexibility index (Phi) is 5.36. The van der Waals surface area contributed by atoms with Gasteiger partial charge in [-0.1, -0.05) is 36.4 Å². The molecule has 6 nitrogen and oxygen atoms in total. The van der Waals surface area contributed by atoms with Crippen LogP contribution in [0.3, 0.4) is 0 Å². The minimum atomic E-state index is -1.60. The van der Waals surface area contributed by atoms with Crippen LogP contribution in [0.5, 0.6) is 0 Å². The topological polar surface area (TPSA) is 101 Å². The van der Waals surface area contributed by atoms with Gasteiger partial charge in [0, 0.05) is 18.0 Å². The van der Waals surface area contributed by atoms with Gasteiger partial charge in [0.1, 0.15) is 11.2 Å². The molecule has 2 aromatic carbocycles. The maximum Gasteiger partial charge on any atom is 0.316 e. The lowest BCUT2D eigenvalue weighted by atomic mass is 9.58. The molecule has 0 bridgehead atoms. The molecule has 2 amide bonds. The quantitative estimate of drug-likeness (QED) is 0.649. The van der Waals surface area contributed by atoms with Crippen molar-refractivity contribution in [3.8, 4) is 0 Å². The number of benzene rings is 2. The molecule has 1 aliphatic carbocycles. The van der Waals surface area contributed by atoms with E-state index in [1.807, 2.05) is 0 Å². The van der Waals surface area contributed by atoms with Crippen LogP contribution in [-0.2, 0) is 10.2 Å². The monoisotopic (exact) mass is 436 g/mol. The Hall–Kier alpha value is -3.48. The fourth-order valence-corrected chi connectivity index (χ4v) is 5.43. The Labute approximate surface area is 185 Å². The second kappa shape index (κ2) is 7.89. The molecule has 0 radical (unpaired) electrons. The minimum absolute atomic E-state index is 0.0970. The summed E-state index contributed by atoms with van der Waals surface area (Å²) in [5.74, 6) is -3.99. The molecule has 1 saturated carbocycles. The van der Waals surface area contributed by atoms with E-state index in [2.05, 4.69) is 6.58 Å². The molecular formula is C25H25FN2O4. The van der Waals surface area contributed by atoms with Gasteiger partial charge in [-0.05, 0) is 48.9 Å². The van der Waals surface area contributed by atoms with Crippen LogP contribution in [0.15, 0.2) is 55.1 Å². The van der Waals surface area contributed by atoms with Gasteiger partial charge in [0.25, 0.3) is 11.8 Å². The number of amides is 2. The van der Waals surface area contributed by atoms with Gasteiger partial charge in [-0.3, -0.25) is 14.4 Å². The number of rotatable bonds is 7. The van der Waals surface area contributed by atoms with Crippen LogP contribution in [-0.4, -0.2) is 40.4 Å². The standard InChI is InChI=1S/C25H25FN2O4/c1-3-13-28-14(2)25(24(31)32,18-9-5-4-7-16(18)23(28)30)21(15-11-12-15)17-8-6-10-19(26)20(17)22(27)29/h3-10,14-15,21H,1,11-13H2,2H3,(H2,27,29)(H,31,32)/t14?,21-,25?/m0/s1. The van der Waals surface area contributed by atoms with E-state index >= 15 is 0 Å². The number of hydrogen-bond acceptors (Lipinski definition) is 3. The summed E-state index contributed by atoms with van der Waals surface area (Å²) in [5.41, 5.74) is 4.59. The Bertz CT molecular complexity index is 1130. The second-order valence-electron chi connectivity index (χ2n) is 8.53. The lowest BCUT2D eigenvalue weighted by Crippen LogP contribution is -2.62. The zero-order chi connectivity index (χ0) is 23.2. The number of fused-ring (bicyclic) bond motifs is 1. The molecule has 2 aliphatic rings. The number of hydrogen-bond donors (Lipinski definition) is 2. The smallest absolute Gasteiger partial charge is 0.316 e. The summed E-state index contributed by atoms with van der Waals surface area (Å²) in [6, 6.07) is 10.1. The van der Waals surface area contributed by atoms with E-state index in [4.69, 9.17) is 5.73 Å². The molecule has 2 aromatic rings. The van der Waals surface area contributed by atoms with Crippen LogP contribution < -0.4 is 5.73 Å². The minimum Gasteiger partial charge on any atom is -0.480 e. The number of aliphatic carboxylic acids is 1. The van der Waals surface area contributed by atoms with Crippen molar-refractivity contribution in [1.82, 2.24) is 4.90 Å². The predicted molar refractivity (Wildman–Crippen MR) is 117 cm³/mol. The number of carboxylic acids is 1. The Morgan fingerprint density at radius 1 is 1.28 bits per heavy atom. The van der Waals surface area contributed by atoms with E-state index in [1.54, 1.807) is 43.3 Å². The van der Waals surface area contributed by atoms with Crippen molar-refractivity contribution in [3.05, 3.63) is 83.2 Å². The summed E-state index contributed by atoms with van der Waals surface area (Å²) in [6.07, 6.45) is 3.02. The van der Waals surface area contributed by atoms with Crippen molar-refractivity contribution in [3.63, 3.8) is 0 Å². The maximum absolute atomic E-state index is 14.8. The van der Waals surface area contributed by atoms with Gasteiger partial charge in [-0.2, -0.15) is 0 Å². The zero-order valence-corrected chi connectivity index (χ0v) is 17.8. The first-order valence-electron chi connectivity index (χ1n) is 10.6. The number of carbonyl (C=O) groups excluding carboxylic acids is 2. The lowest BCUT2D eigenvalue weighted by molar-refractivity contribution is -0.148. The van der Waals surface area contributed by atoms with Crippen molar-refractivity contribution in [2.75, 3.05) is 6.54 Å². The first-order chi connectivity index (χ1) is 15.3. The molecule has 3 atom stereocenters. The second-order valence-corrected chi connectivity index (χ2v) is 8.53. The first kappa shape index (κ1) is 21.7. The third-order valence-corrected chi connectivity index (χ3v) is 6.88. The average molecular weight is 436 g/mol. The molecule has 3 N–H and O–H groups in total. The molecular weight excluding hydrogens is 411 g/mol. The lowest BCUT2D eigenvalue weighted by Gasteiger charge is -2.50. The van der Waals surface area contributed by atoms with Crippen molar-refractivity contribution in [2.45, 2.75) is 37.1 Å². The average Bonchev–Trinajstić information content (AvgIpc) is 3.58. The molecule has 2 unspecified atom stereocenters. The molecule has 1 heterocycles. The van der Waals surface area contributed by atoms with Crippen molar-refractivity contribution >= 4 is 17.8 Å². The molecule has 1 fully saturated rings. The van der Waals surface area contributed by atoms with Gasteiger partial charge in [0.15, 0.2) is 0 Å². The summed E-state index contributed by atoms with van der Waals surface area (Å²) < 4.78 is 14.8. The highest BCUT2D eigenvalue weighted by atomic mass is 19.1. The summed E-state index contributed by atoms with van der Waals surface area (Å²) in [7, 11) is 0. The number of primary amides is 1. The number of carbonyl (C=O) groups is 3. The Morgan fingerprint density at radius 2 is 1.97 bits per heavy atom. The largest absolute Gasteiger partial charge is 0.480 e. The van der Waals surface area contributed by atoms with Gasteiger partial charge in [-0.25, -0.2) is 4.39 Å². The molecule has 0 spiro atoms. The van der Waals surface area contributed by atoms with Crippen molar-refractivity contribution < 1.29 is 23.9 Å². The van der Waals surface area contributed by atoms with Crippen LogP contribution in [0.25, 0.3) is 0 Å². The maximum atomic E-state index is 14.8. The predicted octanol–water partition coefficient (Wildman–Crippen LogP) is 3.47. The summed E-state index contributed by atoms with van der Waals surface area (Å²) in [4.78, 5) is 40.2. The molecule has 1 aliphatic heterocycles. The Balaban J connectivity index is 2.09. The molecule has 0 saturated heterocycles. The molecule has 32 heavy (non-hydrogen) atoms. The van der Waals surface area contributed by atoms with Gasteiger partial charge in [0.05, 0.1) is 11.6 Å². The van der Waals surface area contributed by atoms with Crippen LogP contribution >= 0.6 is 0 Å². The normalized spacial score (nSPS) is 23.4. The first-order valence-corrected chi connectivity index (χ1v) is 10.6. The van der Waals surface area contributed by atoms with Gasteiger partial charge >= 0.3 is 5.97 Å². The van der Waals surface area contributed by atoms with E-state index in [1.165, 1.54) is 11.0 Å². The Morgan fingerprint density at radius 3 is 2.56 bits per heavy atom. The number of carboxylic acid groups (broad SMARTS) is 1. The summed E-state index contributed by atoms with van der Waals surface area (Å²) in [5, 5.41) is 10.8. The van der Waals surface area contributed by atoms with E-state index < -0.39 is 35.1 Å². The molecule has 7 heteroatoms. The van der Waals surface area contributed by atoms with E-state index in [9.17, 15) is 23.9 Å². The summed E-state index contributed by atoms with van der Waals surface area (Å²) in [6.45, 7) is 5.58. The highest BCUT2D eigenvalue weighted by Crippen LogP contribution is 2.58. The third-order valence-electron chi connectivity index (χ3n) is 6.88. The SMILES string of the molecule is C=CCN1C(=O)c2ccccc2C(C(=O)O)([C@H](c2cccc(F)c2C(N)=O)C2CC2)C1C. The third kappa shape index (κ3) is 3.03. The van der Waals surface area contributed by atoms with Crippen molar-refractivity contribution in [1.29, 1.82) is 0 Å². The molecule has 4 rings (SSSR count). The number of nitrogens with zero attached hydrogens (tertiary/aromatic N) is 1. The fraction of sp³-hybridized carbons (Fsp3) is 0.320. The highest BCUT2D eigenvalue weighted by Gasteiger charge is 2.62. The van der Waals surface area contributed by atoms with Gasteiger partial charge in [-0.15, -0.1) is 6.58 Å². The van der Waals surface area contributed by atoms with Crippen LogP contribution in [0.2, 0.25) is 0 Å². The van der Waals surface area contributed by atoms with Crippen LogP contribution in [0.1, 0.15) is 57.5 Å². The number of nitrogens with two attached hydrogens (primary N) is 1. The van der Waals surface area contributed by atoms with Crippen LogP contribution in [0, 0.1) is 11.7 Å². The number of halogens is 1. The molecule has 0 aromatic heterocycles. The van der Waals surface area contributed by atoms with E-state index in [-0.39, 0.29) is 35.1 Å². The summed E-state index contributed by atoms with van der Waals surface area (Å²) >= 11 is 0. The van der Waals surface area contributed by atoms with Crippen molar-refractivity contribution in [2.24, 2.45) is 11.7 Å². The van der Waals surface area contributed by atoms with Gasteiger partial charge in [0.2, 0.25) is 0 Å². The zero-order valence-electron chi connectivity index (χ0n) is 17.8. The van der Waals surface area contributed by atoms with Crippen LogP contribution in [0.4, 0.5) is 4.39 Å². The van der Waals surface area contributed by atoms with E-state index in [0.717, 1.165) is 18.9 Å². The highest BCUT2D eigenvalue weighted by molar-refractivity contribution is 6.02.